The van der Waals surface area contributed by atoms with Gasteiger partial charge in [0.2, 0.25) is 5.91 Å². The summed E-state index contributed by atoms with van der Waals surface area (Å²) in [7, 11) is 0. The van der Waals surface area contributed by atoms with Gasteiger partial charge in [0.25, 0.3) is 0 Å². The van der Waals surface area contributed by atoms with Crippen molar-refractivity contribution in [2.45, 2.75) is 26.1 Å². The Morgan fingerprint density at radius 2 is 1.75 bits per heavy atom. The van der Waals surface area contributed by atoms with Gasteiger partial charge in [0, 0.05) is 5.69 Å². The molecular formula is C18H19F3N2O. The zero-order chi connectivity index (χ0) is 17.7. The van der Waals surface area contributed by atoms with Gasteiger partial charge in [-0.25, -0.2) is 0 Å². The van der Waals surface area contributed by atoms with Gasteiger partial charge in [-0.2, -0.15) is 13.2 Å². The van der Waals surface area contributed by atoms with E-state index in [1.807, 2.05) is 26.0 Å². The van der Waals surface area contributed by atoms with E-state index in [9.17, 15) is 18.0 Å². The summed E-state index contributed by atoms with van der Waals surface area (Å²) in [6, 6.07) is 11.1. The van der Waals surface area contributed by atoms with E-state index >= 15 is 0 Å². The van der Waals surface area contributed by atoms with Crippen LogP contribution in [0, 0.1) is 13.8 Å². The number of anilines is 1. The van der Waals surface area contributed by atoms with Crippen molar-refractivity contribution in [3.63, 3.8) is 0 Å². The lowest BCUT2D eigenvalue weighted by Crippen LogP contribution is -2.38. The number of nitrogens with one attached hydrogen (secondary N) is 2. The number of aryl methyl sites for hydroxylation is 2. The average molecular weight is 336 g/mol. The SMILES string of the molecule is Cc1ccc(C)c(NC(=O)CNC(c2ccccc2)C(F)(F)F)c1. The van der Waals surface area contributed by atoms with E-state index in [1.165, 1.54) is 24.3 Å². The van der Waals surface area contributed by atoms with Crippen molar-refractivity contribution in [2.75, 3.05) is 11.9 Å². The Hall–Kier alpha value is -2.34. The van der Waals surface area contributed by atoms with Gasteiger partial charge in [0.15, 0.2) is 0 Å². The number of benzene rings is 2. The fourth-order valence-corrected chi connectivity index (χ4v) is 2.33. The summed E-state index contributed by atoms with van der Waals surface area (Å²) in [6.45, 7) is 3.26. The highest BCUT2D eigenvalue weighted by Gasteiger charge is 2.40. The number of halogens is 3. The van der Waals surface area contributed by atoms with E-state index < -0.39 is 24.7 Å². The molecule has 2 aromatic rings. The zero-order valence-corrected chi connectivity index (χ0v) is 13.4. The minimum Gasteiger partial charge on any atom is -0.325 e. The number of hydrogen-bond acceptors (Lipinski definition) is 2. The van der Waals surface area contributed by atoms with E-state index in [1.54, 1.807) is 12.1 Å². The molecule has 0 saturated heterocycles. The number of rotatable bonds is 5. The first-order valence-corrected chi connectivity index (χ1v) is 7.49. The first-order valence-electron chi connectivity index (χ1n) is 7.49. The highest BCUT2D eigenvalue weighted by molar-refractivity contribution is 5.93. The number of carbonyl (C=O) groups is 1. The molecular weight excluding hydrogens is 317 g/mol. The molecule has 0 radical (unpaired) electrons. The quantitative estimate of drug-likeness (QED) is 0.862. The molecule has 1 atom stereocenters. The molecule has 0 fully saturated rings. The van der Waals surface area contributed by atoms with Crippen molar-refractivity contribution in [1.82, 2.24) is 5.32 Å². The number of hydrogen-bond donors (Lipinski definition) is 2. The van der Waals surface area contributed by atoms with Crippen LogP contribution >= 0.6 is 0 Å². The average Bonchev–Trinajstić information content (AvgIpc) is 2.51. The van der Waals surface area contributed by atoms with Crippen LogP contribution in [0.4, 0.5) is 18.9 Å². The molecule has 0 bridgehead atoms. The van der Waals surface area contributed by atoms with Crippen LogP contribution in [0.2, 0.25) is 0 Å². The molecule has 0 aliphatic carbocycles. The van der Waals surface area contributed by atoms with Crippen LogP contribution in [-0.2, 0) is 4.79 Å². The second kappa shape index (κ2) is 7.49. The Bertz CT molecular complexity index is 699. The standard InChI is InChI=1S/C18H19F3N2O/c1-12-8-9-13(2)15(10-12)23-16(24)11-22-17(18(19,20)21)14-6-4-3-5-7-14/h3-10,17,22H,11H2,1-2H3,(H,23,24). The molecule has 2 N–H and O–H groups in total. The topological polar surface area (TPSA) is 41.1 Å². The fourth-order valence-electron chi connectivity index (χ4n) is 2.33. The van der Waals surface area contributed by atoms with Crippen LogP contribution in [0.15, 0.2) is 48.5 Å². The van der Waals surface area contributed by atoms with Gasteiger partial charge in [-0.05, 0) is 36.6 Å². The second-order valence-corrected chi connectivity index (χ2v) is 5.63. The Morgan fingerprint density at radius 3 is 2.38 bits per heavy atom. The van der Waals surface area contributed by atoms with Gasteiger partial charge in [-0.3, -0.25) is 10.1 Å². The van der Waals surface area contributed by atoms with E-state index in [4.69, 9.17) is 0 Å². The lowest BCUT2D eigenvalue weighted by molar-refractivity contribution is -0.158. The molecule has 0 heterocycles. The third-order valence-corrected chi connectivity index (χ3v) is 3.59. The fraction of sp³-hybridized carbons (Fsp3) is 0.278. The Kier molecular flexibility index (Phi) is 5.62. The van der Waals surface area contributed by atoms with Gasteiger partial charge >= 0.3 is 6.18 Å². The smallest absolute Gasteiger partial charge is 0.325 e. The molecule has 24 heavy (non-hydrogen) atoms. The highest BCUT2D eigenvalue weighted by atomic mass is 19.4. The van der Waals surface area contributed by atoms with Crippen LogP contribution in [0.5, 0.6) is 0 Å². The number of alkyl halides is 3. The predicted octanol–water partition coefficient (Wildman–Crippen LogP) is 4.14. The Balaban J connectivity index is 2.04. The molecule has 0 saturated carbocycles. The normalized spacial score (nSPS) is 12.7. The Morgan fingerprint density at radius 1 is 1.08 bits per heavy atom. The highest BCUT2D eigenvalue weighted by Crippen LogP contribution is 2.32. The van der Waals surface area contributed by atoms with E-state index in [2.05, 4.69) is 10.6 Å². The molecule has 1 unspecified atom stereocenters. The van der Waals surface area contributed by atoms with Gasteiger partial charge in [-0.1, -0.05) is 42.5 Å². The molecule has 6 heteroatoms. The van der Waals surface area contributed by atoms with Crippen LogP contribution in [0.25, 0.3) is 0 Å². The summed E-state index contributed by atoms with van der Waals surface area (Å²) in [5, 5.41) is 4.93. The van der Waals surface area contributed by atoms with Crippen molar-refractivity contribution in [3.05, 3.63) is 65.2 Å². The number of amides is 1. The molecule has 0 spiro atoms. The van der Waals surface area contributed by atoms with Crippen molar-refractivity contribution in [1.29, 1.82) is 0 Å². The molecule has 1 amide bonds. The van der Waals surface area contributed by atoms with E-state index in [0.717, 1.165) is 11.1 Å². The molecule has 2 aromatic carbocycles. The molecule has 3 nitrogen and oxygen atoms in total. The summed E-state index contributed by atoms with van der Waals surface area (Å²) >= 11 is 0. The van der Waals surface area contributed by atoms with Crippen LogP contribution < -0.4 is 10.6 Å². The van der Waals surface area contributed by atoms with Crippen molar-refractivity contribution in [3.8, 4) is 0 Å². The van der Waals surface area contributed by atoms with Crippen LogP contribution in [-0.4, -0.2) is 18.6 Å². The maximum absolute atomic E-state index is 13.2. The minimum absolute atomic E-state index is 0.0736. The molecule has 0 aliphatic heterocycles. The van der Waals surface area contributed by atoms with Gasteiger partial charge in [0.05, 0.1) is 6.54 Å². The largest absolute Gasteiger partial charge is 0.407 e. The van der Waals surface area contributed by atoms with Gasteiger partial charge in [-0.15, -0.1) is 0 Å². The summed E-state index contributed by atoms with van der Waals surface area (Å²) in [5.41, 5.74) is 2.49. The first kappa shape index (κ1) is 18.0. The maximum atomic E-state index is 13.2. The minimum atomic E-state index is -4.49. The maximum Gasteiger partial charge on any atom is 0.407 e. The van der Waals surface area contributed by atoms with Crippen molar-refractivity contribution in [2.24, 2.45) is 0 Å². The third kappa shape index (κ3) is 4.83. The predicted molar refractivity (Wildman–Crippen MR) is 87.8 cm³/mol. The lowest BCUT2D eigenvalue weighted by Gasteiger charge is -2.22. The first-order chi connectivity index (χ1) is 11.3. The monoisotopic (exact) mass is 336 g/mol. The van der Waals surface area contributed by atoms with E-state index in [-0.39, 0.29) is 5.56 Å². The van der Waals surface area contributed by atoms with Gasteiger partial charge in [0.1, 0.15) is 6.04 Å². The second-order valence-electron chi connectivity index (χ2n) is 5.63. The van der Waals surface area contributed by atoms with Crippen LogP contribution in [0.3, 0.4) is 0 Å². The summed E-state index contributed by atoms with van der Waals surface area (Å²) in [5.74, 6) is -0.520. The summed E-state index contributed by atoms with van der Waals surface area (Å²) in [4.78, 5) is 12.0. The van der Waals surface area contributed by atoms with Crippen molar-refractivity contribution < 1.29 is 18.0 Å². The molecule has 128 valence electrons. The Labute approximate surface area is 138 Å². The van der Waals surface area contributed by atoms with Gasteiger partial charge < -0.3 is 5.32 Å². The summed E-state index contributed by atoms with van der Waals surface area (Å²) in [6.07, 6.45) is -4.49. The lowest BCUT2D eigenvalue weighted by atomic mass is 10.1. The third-order valence-electron chi connectivity index (χ3n) is 3.59. The zero-order valence-electron chi connectivity index (χ0n) is 13.4. The number of carbonyl (C=O) groups excluding carboxylic acids is 1. The van der Waals surface area contributed by atoms with Crippen LogP contribution in [0.1, 0.15) is 22.7 Å². The van der Waals surface area contributed by atoms with E-state index in [0.29, 0.717) is 5.69 Å². The summed E-state index contributed by atoms with van der Waals surface area (Å²) < 4.78 is 39.6. The molecule has 0 aromatic heterocycles. The molecule has 2 rings (SSSR count). The van der Waals surface area contributed by atoms with Crippen molar-refractivity contribution >= 4 is 11.6 Å². The molecule has 0 aliphatic rings.